The van der Waals surface area contributed by atoms with Crippen LogP contribution in [0, 0.1) is 6.92 Å². The molecule has 2 rings (SSSR count). The average molecular weight is 275 g/mol. The highest BCUT2D eigenvalue weighted by Crippen LogP contribution is 2.12. The first-order valence-corrected chi connectivity index (χ1v) is 6.96. The highest BCUT2D eigenvalue weighted by Gasteiger charge is 2.09. The summed E-state index contributed by atoms with van der Waals surface area (Å²) in [4.78, 5) is 0. The van der Waals surface area contributed by atoms with Gasteiger partial charge in [-0.25, -0.2) is 4.68 Å². The average Bonchev–Trinajstić information content (AvgIpc) is 2.87. The molecule has 5 nitrogen and oxygen atoms in total. The molecule has 0 bridgehead atoms. The van der Waals surface area contributed by atoms with E-state index < -0.39 is 0 Å². The lowest BCUT2D eigenvalue weighted by atomic mass is 10.2. The summed E-state index contributed by atoms with van der Waals surface area (Å²) in [6, 6.07) is 8.03. The third kappa shape index (κ3) is 3.57. The molecular formula is C15H21N3O2. The molecule has 0 unspecified atom stereocenters. The van der Waals surface area contributed by atoms with Crippen molar-refractivity contribution in [1.82, 2.24) is 15.0 Å². The van der Waals surface area contributed by atoms with Gasteiger partial charge < -0.3 is 9.84 Å². The van der Waals surface area contributed by atoms with Crippen LogP contribution in [0.3, 0.4) is 0 Å². The van der Waals surface area contributed by atoms with Crippen LogP contribution in [-0.4, -0.2) is 26.7 Å². The van der Waals surface area contributed by atoms with Crippen molar-refractivity contribution in [3.63, 3.8) is 0 Å². The SMILES string of the molecule is CCc1c(CO)nnn1CCCOc1ccc(C)cc1. The third-order valence-corrected chi connectivity index (χ3v) is 3.21. The molecule has 0 aliphatic rings. The summed E-state index contributed by atoms with van der Waals surface area (Å²) < 4.78 is 7.53. The first-order chi connectivity index (χ1) is 9.74. The molecule has 0 spiro atoms. The second kappa shape index (κ2) is 7.05. The van der Waals surface area contributed by atoms with Crippen molar-refractivity contribution in [2.24, 2.45) is 0 Å². The number of hydrogen-bond acceptors (Lipinski definition) is 4. The molecule has 2 aromatic rings. The molecule has 108 valence electrons. The molecule has 0 amide bonds. The lowest BCUT2D eigenvalue weighted by Gasteiger charge is -2.08. The van der Waals surface area contributed by atoms with E-state index in [4.69, 9.17) is 9.84 Å². The number of aliphatic hydroxyl groups excluding tert-OH is 1. The number of ether oxygens (including phenoxy) is 1. The number of aromatic nitrogens is 3. The Bertz CT molecular complexity index is 535. The van der Waals surface area contributed by atoms with Gasteiger partial charge in [-0.15, -0.1) is 5.10 Å². The van der Waals surface area contributed by atoms with Crippen molar-refractivity contribution >= 4 is 0 Å². The van der Waals surface area contributed by atoms with E-state index in [0.29, 0.717) is 12.3 Å². The van der Waals surface area contributed by atoms with Gasteiger partial charge in [0.1, 0.15) is 11.4 Å². The zero-order valence-corrected chi connectivity index (χ0v) is 12.0. The van der Waals surface area contributed by atoms with Gasteiger partial charge in [0.15, 0.2) is 0 Å². The Morgan fingerprint density at radius 3 is 2.65 bits per heavy atom. The second-order valence-corrected chi connectivity index (χ2v) is 4.73. The fourth-order valence-corrected chi connectivity index (χ4v) is 2.10. The van der Waals surface area contributed by atoms with Crippen molar-refractivity contribution < 1.29 is 9.84 Å². The van der Waals surface area contributed by atoms with E-state index in [2.05, 4.69) is 17.2 Å². The maximum Gasteiger partial charge on any atom is 0.119 e. The van der Waals surface area contributed by atoms with E-state index in [9.17, 15) is 0 Å². The number of rotatable bonds is 7. The van der Waals surface area contributed by atoms with Gasteiger partial charge in [0.2, 0.25) is 0 Å². The Hall–Kier alpha value is -1.88. The monoisotopic (exact) mass is 275 g/mol. The molecule has 0 saturated heterocycles. The highest BCUT2D eigenvalue weighted by atomic mass is 16.5. The molecular weight excluding hydrogens is 254 g/mol. The summed E-state index contributed by atoms with van der Waals surface area (Å²) in [5.74, 6) is 0.890. The summed E-state index contributed by atoms with van der Waals surface area (Å²) >= 11 is 0. The van der Waals surface area contributed by atoms with Crippen LogP contribution < -0.4 is 4.74 Å². The molecule has 1 heterocycles. The lowest BCUT2D eigenvalue weighted by Crippen LogP contribution is -2.09. The topological polar surface area (TPSA) is 60.2 Å². The third-order valence-electron chi connectivity index (χ3n) is 3.21. The van der Waals surface area contributed by atoms with Crippen molar-refractivity contribution in [3.8, 4) is 5.75 Å². The Kier molecular flexibility index (Phi) is 5.12. The zero-order valence-electron chi connectivity index (χ0n) is 12.0. The Labute approximate surface area is 119 Å². The summed E-state index contributed by atoms with van der Waals surface area (Å²) in [5, 5.41) is 17.2. The lowest BCUT2D eigenvalue weighted by molar-refractivity contribution is 0.275. The van der Waals surface area contributed by atoms with Gasteiger partial charge in [0.25, 0.3) is 0 Å². The number of benzene rings is 1. The maximum atomic E-state index is 9.16. The minimum absolute atomic E-state index is 0.0525. The van der Waals surface area contributed by atoms with Gasteiger partial charge >= 0.3 is 0 Å². The zero-order chi connectivity index (χ0) is 14.4. The molecule has 0 atom stereocenters. The molecule has 0 aliphatic heterocycles. The van der Waals surface area contributed by atoms with Gasteiger partial charge in [0, 0.05) is 13.0 Å². The van der Waals surface area contributed by atoms with E-state index in [1.807, 2.05) is 35.9 Å². The molecule has 20 heavy (non-hydrogen) atoms. The molecule has 1 N–H and O–H groups in total. The predicted octanol–water partition coefficient (Wildman–Crippen LogP) is 2.11. The Balaban J connectivity index is 1.81. The second-order valence-electron chi connectivity index (χ2n) is 4.73. The van der Waals surface area contributed by atoms with Gasteiger partial charge in [-0.3, -0.25) is 0 Å². The van der Waals surface area contributed by atoms with E-state index in [0.717, 1.165) is 30.8 Å². The number of nitrogens with zero attached hydrogens (tertiary/aromatic N) is 3. The molecule has 0 fully saturated rings. The van der Waals surface area contributed by atoms with Gasteiger partial charge in [0.05, 0.1) is 18.9 Å². The Morgan fingerprint density at radius 2 is 2.00 bits per heavy atom. The molecule has 5 heteroatoms. The van der Waals surface area contributed by atoms with Crippen LogP contribution in [0.2, 0.25) is 0 Å². The van der Waals surface area contributed by atoms with Crippen LogP contribution >= 0.6 is 0 Å². The molecule has 0 saturated carbocycles. The van der Waals surface area contributed by atoms with Gasteiger partial charge in [-0.2, -0.15) is 0 Å². The summed E-state index contributed by atoms with van der Waals surface area (Å²) in [6.45, 7) is 5.43. The van der Waals surface area contributed by atoms with Gasteiger partial charge in [-0.05, 0) is 25.5 Å². The van der Waals surface area contributed by atoms with Crippen LogP contribution in [0.15, 0.2) is 24.3 Å². The smallest absolute Gasteiger partial charge is 0.119 e. The highest BCUT2D eigenvalue weighted by molar-refractivity contribution is 5.26. The molecule has 1 aromatic carbocycles. The maximum absolute atomic E-state index is 9.16. The predicted molar refractivity (Wildman–Crippen MR) is 76.6 cm³/mol. The number of hydrogen-bond donors (Lipinski definition) is 1. The summed E-state index contributed by atoms with van der Waals surface area (Å²) in [6.07, 6.45) is 1.68. The van der Waals surface area contributed by atoms with E-state index in [-0.39, 0.29) is 6.61 Å². The molecule has 1 aromatic heterocycles. The minimum Gasteiger partial charge on any atom is -0.494 e. The number of aryl methyl sites for hydroxylation is 2. The Morgan fingerprint density at radius 1 is 1.25 bits per heavy atom. The number of aliphatic hydroxyl groups is 1. The van der Waals surface area contributed by atoms with Crippen LogP contribution in [0.25, 0.3) is 0 Å². The van der Waals surface area contributed by atoms with E-state index >= 15 is 0 Å². The minimum atomic E-state index is -0.0525. The molecule has 0 radical (unpaired) electrons. The van der Waals surface area contributed by atoms with E-state index in [1.165, 1.54) is 5.56 Å². The van der Waals surface area contributed by atoms with Gasteiger partial charge in [-0.1, -0.05) is 29.8 Å². The standard InChI is InChI=1S/C15H21N3O2/c1-3-15-14(11-19)16-17-18(15)9-4-10-20-13-7-5-12(2)6-8-13/h5-8,19H,3-4,9-11H2,1-2H3. The summed E-state index contributed by atoms with van der Waals surface area (Å²) in [7, 11) is 0. The van der Waals surface area contributed by atoms with Crippen LogP contribution in [0.1, 0.15) is 30.3 Å². The molecule has 0 aliphatic carbocycles. The van der Waals surface area contributed by atoms with Crippen molar-refractivity contribution in [2.45, 2.75) is 39.8 Å². The van der Waals surface area contributed by atoms with Crippen molar-refractivity contribution in [1.29, 1.82) is 0 Å². The van der Waals surface area contributed by atoms with E-state index in [1.54, 1.807) is 0 Å². The normalized spacial score (nSPS) is 10.8. The van der Waals surface area contributed by atoms with Crippen LogP contribution in [-0.2, 0) is 19.6 Å². The first kappa shape index (κ1) is 14.5. The summed E-state index contributed by atoms with van der Waals surface area (Å²) in [5.41, 5.74) is 2.90. The largest absolute Gasteiger partial charge is 0.494 e. The quantitative estimate of drug-likeness (QED) is 0.786. The van der Waals surface area contributed by atoms with Crippen molar-refractivity contribution in [3.05, 3.63) is 41.2 Å². The van der Waals surface area contributed by atoms with Crippen molar-refractivity contribution in [2.75, 3.05) is 6.61 Å². The fourth-order valence-electron chi connectivity index (χ4n) is 2.10. The fraction of sp³-hybridized carbons (Fsp3) is 0.467. The first-order valence-electron chi connectivity index (χ1n) is 6.96. The van der Waals surface area contributed by atoms with Crippen LogP contribution in [0.4, 0.5) is 0 Å². The van der Waals surface area contributed by atoms with Crippen LogP contribution in [0.5, 0.6) is 5.75 Å².